The summed E-state index contributed by atoms with van der Waals surface area (Å²) in [5.74, 6) is 0.352. The molecule has 0 unspecified atom stereocenters. The first-order valence-corrected chi connectivity index (χ1v) is 9.63. The second kappa shape index (κ2) is 8.27. The van der Waals surface area contributed by atoms with E-state index in [2.05, 4.69) is 47.1 Å². The Morgan fingerprint density at radius 1 is 1.03 bits per heavy atom. The molecule has 5 heteroatoms. The SMILES string of the molecule is Cc1cccc(Cn2c(CCNC(=O)c3ccc(F)cc3)nc3ccccc32)c1. The molecule has 1 amide bonds. The highest BCUT2D eigenvalue weighted by atomic mass is 19.1. The highest BCUT2D eigenvalue weighted by Crippen LogP contribution is 2.19. The zero-order valence-corrected chi connectivity index (χ0v) is 16.2. The summed E-state index contributed by atoms with van der Waals surface area (Å²) in [5, 5.41) is 2.90. The molecule has 1 aromatic heterocycles. The first-order valence-electron chi connectivity index (χ1n) is 9.63. The molecular weight excluding hydrogens is 365 g/mol. The Bertz CT molecular complexity index is 1150. The van der Waals surface area contributed by atoms with E-state index in [0.29, 0.717) is 18.5 Å². The van der Waals surface area contributed by atoms with E-state index in [1.165, 1.54) is 35.4 Å². The quantitative estimate of drug-likeness (QED) is 0.529. The summed E-state index contributed by atoms with van der Waals surface area (Å²) >= 11 is 0. The molecule has 0 bridgehead atoms. The lowest BCUT2D eigenvalue weighted by Crippen LogP contribution is -2.26. The van der Waals surface area contributed by atoms with Gasteiger partial charge in [0, 0.05) is 25.1 Å². The third-order valence-electron chi connectivity index (χ3n) is 4.90. The number of carbonyl (C=O) groups is 1. The maximum atomic E-state index is 13.0. The van der Waals surface area contributed by atoms with Gasteiger partial charge in [-0.05, 0) is 48.9 Å². The van der Waals surface area contributed by atoms with Gasteiger partial charge >= 0.3 is 0 Å². The number of hydrogen-bond donors (Lipinski definition) is 1. The Kier molecular flexibility index (Phi) is 5.38. The summed E-state index contributed by atoms with van der Waals surface area (Å²) in [6, 6.07) is 22.0. The minimum Gasteiger partial charge on any atom is -0.352 e. The van der Waals surface area contributed by atoms with Crippen LogP contribution in [0.15, 0.2) is 72.8 Å². The van der Waals surface area contributed by atoms with Gasteiger partial charge in [-0.2, -0.15) is 0 Å². The largest absolute Gasteiger partial charge is 0.352 e. The first-order chi connectivity index (χ1) is 14.1. The Morgan fingerprint density at radius 3 is 2.62 bits per heavy atom. The Balaban J connectivity index is 1.52. The molecule has 0 spiro atoms. The van der Waals surface area contributed by atoms with E-state index in [1.54, 1.807) is 0 Å². The van der Waals surface area contributed by atoms with Crippen molar-refractivity contribution < 1.29 is 9.18 Å². The first kappa shape index (κ1) is 18.9. The second-order valence-corrected chi connectivity index (χ2v) is 7.10. The average molecular weight is 387 g/mol. The zero-order chi connectivity index (χ0) is 20.2. The Labute approximate surface area is 169 Å². The fourth-order valence-electron chi connectivity index (χ4n) is 3.48. The van der Waals surface area contributed by atoms with Crippen molar-refractivity contribution in [2.45, 2.75) is 19.9 Å². The molecule has 4 rings (SSSR count). The summed E-state index contributed by atoms with van der Waals surface area (Å²) in [5.41, 5.74) is 4.90. The van der Waals surface area contributed by atoms with Gasteiger partial charge in [0.25, 0.3) is 5.91 Å². The molecule has 0 atom stereocenters. The van der Waals surface area contributed by atoms with Crippen molar-refractivity contribution >= 4 is 16.9 Å². The smallest absolute Gasteiger partial charge is 0.251 e. The minimum absolute atomic E-state index is 0.216. The van der Waals surface area contributed by atoms with Crippen LogP contribution in [-0.2, 0) is 13.0 Å². The van der Waals surface area contributed by atoms with E-state index >= 15 is 0 Å². The van der Waals surface area contributed by atoms with Gasteiger partial charge in [0.05, 0.1) is 11.0 Å². The Morgan fingerprint density at radius 2 is 1.83 bits per heavy atom. The van der Waals surface area contributed by atoms with Crippen LogP contribution in [0.4, 0.5) is 4.39 Å². The zero-order valence-electron chi connectivity index (χ0n) is 16.2. The van der Waals surface area contributed by atoms with Crippen molar-refractivity contribution in [3.63, 3.8) is 0 Å². The van der Waals surface area contributed by atoms with Crippen molar-refractivity contribution in [3.05, 3.63) is 101 Å². The summed E-state index contributed by atoms with van der Waals surface area (Å²) in [7, 11) is 0. The van der Waals surface area contributed by atoms with Crippen LogP contribution < -0.4 is 5.32 Å². The van der Waals surface area contributed by atoms with E-state index in [9.17, 15) is 9.18 Å². The van der Waals surface area contributed by atoms with Crippen molar-refractivity contribution in [2.75, 3.05) is 6.54 Å². The number of nitrogens with one attached hydrogen (secondary N) is 1. The average Bonchev–Trinajstić information content (AvgIpc) is 3.06. The van der Waals surface area contributed by atoms with Gasteiger partial charge in [-0.25, -0.2) is 9.37 Å². The van der Waals surface area contributed by atoms with Crippen LogP contribution in [-0.4, -0.2) is 22.0 Å². The number of imidazole rings is 1. The van der Waals surface area contributed by atoms with E-state index in [4.69, 9.17) is 4.98 Å². The summed E-state index contributed by atoms with van der Waals surface area (Å²) in [6.07, 6.45) is 0.605. The van der Waals surface area contributed by atoms with Gasteiger partial charge in [0.15, 0.2) is 0 Å². The van der Waals surface area contributed by atoms with Gasteiger partial charge in [-0.1, -0.05) is 42.0 Å². The van der Waals surface area contributed by atoms with Gasteiger partial charge in [0.1, 0.15) is 11.6 Å². The third kappa shape index (κ3) is 4.35. The summed E-state index contributed by atoms with van der Waals surface area (Å²) < 4.78 is 15.2. The summed E-state index contributed by atoms with van der Waals surface area (Å²) in [4.78, 5) is 17.0. The number of amides is 1. The molecule has 0 fully saturated rings. The van der Waals surface area contributed by atoms with E-state index in [-0.39, 0.29) is 11.7 Å². The number of aryl methyl sites for hydroxylation is 1. The van der Waals surface area contributed by atoms with Crippen molar-refractivity contribution in [3.8, 4) is 0 Å². The highest BCUT2D eigenvalue weighted by Gasteiger charge is 2.12. The number of fused-ring (bicyclic) bond motifs is 1. The molecule has 0 radical (unpaired) electrons. The second-order valence-electron chi connectivity index (χ2n) is 7.10. The minimum atomic E-state index is -0.355. The van der Waals surface area contributed by atoms with Crippen molar-refractivity contribution in [1.29, 1.82) is 0 Å². The third-order valence-corrected chi connectivity index (χ3v) is 4.90. The van der Waals surface area contributed by atoms with Gasteiger partial charge in [-0.3, -0.25) is 4.79 Å². The fourth-order valence-corrected chi connectivity index (χ4v) is 3.48. The number of para-hydroxylation sites is 2. The number of hydrogen-bond acceptors (Lipinski definition) is 2. The molecule has 0 aliphatic carbocycles. The molecule has 0 saturated heterocycles. The molecule has 4 aromatic rings. The molecule has 146 valence electrons. The van der Waals surface area contributed by atoms with Crippen LogP contribution >= 0.6 is 0 Å². The van der Waals surface area contributed by atoms with Crippen LogP contribution in [0, 0.1) is 12.7 Å². The molecule has 0 aliphatic rings. The monoisotopic (exact) mass is 387 g/mol. The number of aromatic nitrogens is 2. The lowest BCUT2D eigenvalue weighted by atomic mass is 10.1. The number of carbonyl (C=O) groups excluding carboxylic acids is 1. The maximum Gasteiger partial charge on any atom is 0.251 e. The van der Waals surface area contributed by atoms with Crippen LogP contribution in [0.5, 0.6) is 0 Å². The number of benzene rings is 3. The van der Waals surface area contributed by atoms with Crippen LogP contribution in [0.25, 0.3) is 11.0 Å². The normalized spacial score (nSPS) is 11.0. The molecule has 1 N–H and O–H groups in total. The van der Waals surface area contributed by atoms with Crippen molar-refractivity contribution in [1.82, 2.24) is 14.9 Å². The van der Waals surface area contributed by atoms with Crippen LogP contribution in [0.1, 0.15) is 27.3 Å². The lowest BCUT2D eigenvalue weighted by Gasteiger charge is -2.11. The number of nitrogens with zero attached hydrogens (tertiary/aromatic N) is 2. The molecule has 0 aliphatic heterocycles. The molecular formula is C24H22FN3O. The van der Waals surface area contributed by atoms with Gasteiger partial charge in [0.2, 0.25) is 0 Å². The van der Waals surface area contributed by atoms with Crippen LogP contribution in [0.2, 0.25) is 0 Å². The topological polar surface area (TPSA) is 46.9 Å². The van der Waals surface area contributed by atoms with Gasteiger partial charge < -0.3 is 9.88 Å². The maximum absolute atomic E-state index is 13.0. The predicted octanol–water partition coefficient (Wildman–Crippen LogP) is 4.50. The molecule has 4 nitrogen and oxygen atoms in total. The van der Waals surface area contributed by atoms with E-state index < -0.39 is 0 Å². The Hall–Kier alpha value is -3.47. The molecule has 1 heterocycles. The van der Waals surface area contributed by atoms with Crippen molar-refractivity contribution in [2.24, 2.45) is 0 Å². The highest BCUT2D eigenvalue weighted by molar-refractivity contribution is 5.94. The number of halogens is 1. The predicted molar refractivity (Wildman–Crippen MR) is 112 cm³/mol. The summed E-state index contributed by atoms with van der Waals surface area (Å²) in [6.45, 7) is 3.26. The van der Waals surface area contributed by atoms with E-state index in [1.807, 2.05) is 18.2 Å². The molecule has 0 saturated carbocycles. The van der Waals surface area contributed by atoms with Crippen LogP contribution in [0.3, 0.4) is 0 Å². The lowest BCUT2D eigenvalue weighted by molar-refractivity contribution is 0.0954. The molecule has 29 heavy (non-hydrogen) atoms. The fraction of sp³-hybridized carbons (Fsp3) is 0.167. The number of rotatable bonds is 6. The van der Waals surface area contributed by atoms with Gasteiger partial charge in [-0.15, -0.1) is 0 Å². The molecule has 3 aromatic carbocycles. The standard InChI is InChI=1S/C24H22FN3O/c1-17-5-4-6-18(15-17)16-28-22-8-3-2-7-21(22)27-23(28)13-14-26-24(29)19-9-11-20(25)12-10-19/h2-12,15H,13-14,16H2,1H3,(H,26,29). The van der Waals surface area contributed by atoms with E-state index in [0.717, 1.165) is 23.4 Å².